The Hall–Kier alpha value is -0.850. The van der Waals surface area contributed by atoms with E-state index in [-0.39, 0.29) is 0 Å². The highest BCUT2D eigenvalue weighted by Crippen LogP contribution is 2.26. The van der Waals surface area contributed by atoms with Crippen molar-refractivity contribution >= 4 is 0 Å². The SMILES string of the molecule is CCCC(C)c1ncccc1C(C)C. The third-order valence-corrected chi connectivity index (χ3v) is 2.68. The van der Waals surface area contributed by atoms with E-state index in [1.54, 1.807) is 0 Å². The highest BCUT2D eigenvalue weighted by molar-refractivity contribution is 5.25. The molecular weight excluding hydrogens is 170 g/mol. The van der Waals surface area contributed by atoms with Crippen molar-refractivity contribution in [2.24, 2.45) is 0 Å². The molecule has 0 radical (unpaired) electrons. The van der Waals surface area contributed by atoms with Gasteiger partial charge < -0.3 is 0 Å². The Morgan fingerprint density at radius 1 is 1.29 bits per heavy atom. The van der Waals surface area contributed by atoms with Gasteiger partial charge in [-0.1, -0.05) is 40.2 Å². The normalized spacial score (nSPS) is 13.2. The largest absolute Gasteiger partial charge is 0.261 e. The van der Waals surface area contributed by atoms with Crippen LogP contribution in [0.1, 0.15) is 63.6 Å². The van der Waals surface area contributed by atoms with E-state index in [9.17, 15) is 0 Å². The van der Waals surface area contributed by atoms with E-state index < -0.39 is 0 Å². The molecule has 0 aliphatic carbocycles. The Balaban J connectivity index is 2.94. The molecule has 14 heavy (non-hydrogen) atoms. The Morgan fingerprint density at radius 3 is 2.57 bits per heavy atom. The molecule has 1 nitrogen and oxygen atoms in total. The van der Waals surface area contributed by atoms with Gasteiger partial charge in [0.25, 0.3) is 0 Å². The molecule has 1 unspecified atom stereocenters. The maximum absolute atomic E-state index is 4.52. The van der Waals surface area contributed by atoms with E-state index in [1.165, 1.54) is 24.1 Å². The van der Waals surface area contributed by atoms with E-state index in [4.69, 9.17) is 0 Å². The second kappa shape index (κ2) is 5.14. The van der Waals surface area contributed by atoms with Crippen LogP contribution >= 0.6 is 0 Å². The lowest BCUT2D eigenvalue weighted by atomic mass is 9.92. The van der Waals surface area contributed by atoms with Crippen molar-refractivity contribution in [1.82, 2.24) is 4.98 Å². The first kappa shape index (κ1) is 11.2. The second-order valence-electron chi connectivity index (χ2n) is 4.32. The smallest absolute Gasteiger partial charge is 0.0466 e. The molecule has 1 heteroatoms. The van der Waals surface area contributed by atoms with Crippen LogP contribution in [0.25, 0.3) is 0 Å². The van der Waals surface area contributed by atoms with E-state index in [0.717, 1.165) is 0 Å². The van der Waals surface area contributed by atoms with Gasteiger partial charge in [-0.2, -0.15) is 0 Å². The lowest BCUT2D eigenvalue weighted by Gasteiger charge is -2.16. The van der Waals surface area contributed by atoms with Crippen molar-refractivity contribution in [3.8, 4) is 0 Å². The summed E-state index contributed by atoms with van der Waals surface area (Å²) < 4.78 is 0. The number of nitrogens with zero attached hydrogens (tertiary/aromatic N) is 1. The Bertz CT molecular complexity index is 278. The molecule has 0 aromatic carbocycles. The molecule has 0 bridgehead atoms. The average molecular weight is 191 g/mol. The summed E-state index contributed by atoms with van der Waals surface area (Å²) in [6.07, 6.45) is 4.37. The van der Waals surface area contributed by atoms with Gasteiger partial charge >= 0.3 is 0 Å². The lowest BCUT2D eigenvalue weighted by molar-refractivity contribution is 0.632. The highest BCUT2D eigenvalue weighted by atomic mass is 14.7. The van der Waals surface area contributed by atoms with E-state index >= 15 is 0 Å². The van der Waals surface area contributed by atoms with E-state index in [0.29, 0.717) is 11.8 Å². The van der Waals surface area contributed by atoms with Crippen LogP contribution in [0.2, 0.25) is 0 Å². The van der Waals surface area contributed by atoms with Crippen molar-refractivity contribution in [2.75, 3.05) is 0 Å². The molecule has 0 saturated heterocycles. The minimum Gasteiger partial charge on any atom is -0.261 e. The predicted molar refractivity (Wildman–Crippen MR) is 61.6 cm³/mol. The van der Waals surface area contributed by atoms with Crippen LogP contribution < -0.4 is 0 Å². The summed E-state index contributed by atoms with van der Waals surface area (Å²) >= 11 is 0. The van der Waals surface area contributed by atoms with Crippen LogP contribution in [0.3, 0.4) is 0 Å². The van der Waals surface area contributed by atoms with Gasteiger partial charge in [0.05, 0.1) is 0 Å². The van der Waals surface area contributed by atoms with Crippen LogP contribution in [0.5, 0.6) is 0 Å². The molecule has 0 spiro atoms. The summed E-state index contributed by atoms with van der Waals surface area (Å²) in [5.74, 6) is 1.18. The number of aromatic nitrogens is 1. The third-order valence-electron chi connectivity index (χ3n) is 2.68. The summed E-state index contributed by atoms with van der Waals surface area (Å²) in [5.41, 5.74) is 2.71. The molecule has 1 heterocycles. The zero-order valence-electron chi connectivity index (χ0n) is 9.75. The molecule has 1 aromatic heterocycles. The Morgan fingerprint density at radius 2 is 2.00 bits per heavy atom. The lowest BCUT2D eigenvalue weighted by Crippen LogP contribution is -2.03. The van der Waals surface area contributed by atoms with Crippen molar-refractivity contribution < 1.29 is 0 Å². The maximum Gasteiger partial charge on any atom is 0.0466 e. The van der Waals surface area contributed by atoms with Crippen LogP contribution in [0.4, 0.5) is 0 Å². The standard InChI is InChI=1S/C13H21N/c1-5-7-11(4)13-12(10(2)3)8-6-9-14-13/h6,8-11H,5,7H2,1-4H3. The summed E-state index contributed by atoms with van der Waals surface area (Å²) in [5, 5.41) is 0. The molecule has 0 aliphatic heterocycles. The molecule has 78 valence electrons. The van der Waals surface area contributed by atoms with Crippen molar-refractivity contribution in [3.05, 3.63) is 29.6 Å². The molecule has 1 atom stereocenters. The minimum absolute atomic E-state index is 0.581. The summed E-state index contributed by atoms with van der Waals surface area (Å²) in [6, 6.07) is 4.25. The maximum atomic E-state index is 4.52. The first-order valence-corrected chi connectivity index (χ1v) is 5.61. The van der Waals surface area contributed by atoms with Crippen LogP contribution in [-0.2, 0) is 0 Å². The summed E-state index contributed by atoms with van der Waals surface area (Å²) in [6.45, 7) is 8.98. The van der Waals surface area contributed by atoms with Crippen molar-refractivity contribution in [1.29, 1.82) is 0 Å². The van der Waals surface area contributed by atoms with E-state index in [1.807, 2.05) is 12.3 Å². The van der Waals surface area contributed by atoms with Crippen molar-refractivity contribution in [2.45, 2.75) is 52.4 Å². The Labute approximate surface area is 87.6 Å². The van der Waals surface area contributed by atoms with Gasteiger partial charge in [0.15, 0.2) is 0 Å². The molecule has 1 rings (SSSR count). The molecule has 1 aromatic rings. The molecule has 0 amide bonds. The van der Waals surface area contributed by atoms with E-state index in [2.05, 4.69) is 38.7 Å². The predicted octanol–water partition coefficient (Wildman–Crippen LogP) is 4.11. The van der Waals surface area contributed by atoms with Gasteiger partial charge in [-0.3, -0.25) is 4.98 Å². The Kier molecular flexibility index (Phi) is 4.12. The van der Waals surface area contributed by atoms with Gasteiger partial charge in [0.1, 0.15) is 0 Å². The zero-order valence-corrected chi connectivity index (χ0v) is 9.75. The van der Waals surface area contributed by atoms with Gasteiger partial charge in [-0.05, 0) is 29.9 Å². The monoisotopic (exact) mass is 191 g/mol. The minimum atomic E-state index is 0.581. The number of hydrogen-bond donors (Lipinski definition) is 0. The van der Waals surface area contributed by atoms with Crippen molar-refractivity contribution in [3.63, 3.8) is 0 Å². The molecular formula is C13H21N. The molecule has 0 saturated carbocycles. The average Bonchev–Trinajstić information content (AvgIpc) is 2.18. The topological polar surface area (TPSA) is 12.9 Å². The third kappa shape index (κ3) is 2.57. The fourth-order valence-electron chi connectivity index (χ4n) is 1.90. The first-order chi connectivity index (χ1) is 6.66. The van der Waals surface area contributed by atoms with Gasteiger partial charge in [-0.15, -0.1) is 0 Å². The molecule has 0 aliphatic rings. The quantitative estimate of drug-likeness (QED) is 0.698. The fraction of sp³-hybridized carbons (Fsp3) is 0.615. The highest BCUT2D eigenvalue weighted by Gasteiger charge is 2.12. The fourth-order valence-corrected chi connectivity index (χ4v) is 1.90. The number of hydrogen-bond acceptors (Lipinski definition) is 1. The van der Waals surface area contributed by atoms with Gasteiger partial charge in [0, 0.05) is 11.9 Å². The molecule has 0 N–H and O–H groups in total. The van der Waals surface area contributed by atoms with Crippen LogP contribution in [0.15, 0.2) is 18.3 Å². The van der Waals surface area contributed by atoms with Crippen LogP contribution in [0, 0.1) is 0 Å². The summed E-state index contributed by atoms with van der Waals surface area (Å²) in [7, 11) is 0. The molecule has 0 fully saturated rings. The van der Waals surface area contributed by atoms with Gasteiger partial charge in [-0.25, -0.2) is 0 Å². The number of rotatable bonds is 4. The zero-order chi connectivity index (χ0) is 10.6. The van der Waals surface area contributed by atoms with Crippen LogP contribution in [-0.4, -0.2) is 4.98 Å². The number of pyridine rings is 1. The first-order valence-electron chi connectivity index (χ1n) is 5.61. The van der Waals surface area contributed by atoms with Gasteiger partial charge in [0.2, 0.25) is 0 Å². The second-order valence-corrected chi connectivity index (χ2v) is 4.32. The summed E-state index contributed by atoms with van der Waals surface area (Å²) in [4.78, 5) is 4.52.